The molecular formula is C13H14BrN3. The van der Waals surface area contributed by atoms with Gasteiger partial charge in [-0.1, -0.05) is 22.0 Å². The second-order valence-electron chi connectivity index (χ2n) is 3.84. The average Bonchev–Trinajstić information content (AvgIpc) is 2.35. The van der Waals surface area contributed by atoms with Gasteiger partial charge in [0.2, 0.25) is 0 Å². The van der Waals surface area contributed by atoms with Crippen LogP contribution in [0.4, 0.5) is 11.5 Å². The van der Waals surface area contributed by atoms with Crippen LogP contribution in [0, 0.1) is 6.92 Å². The highest BCUT2D eigenvalue weighted by Gasteiger charge is 1.99. The van der Waals surface area contributed by atoms with Crippen LogP contribution < -0.4 is 11.1 Å². The predicted octanol–water partition coefficient (Wildman–Crippen LogP) is 3.35. The molecule has 0 unspecified atom stereocenters. The Labute approximate surface area is 109 Å². The number of nitrogens with zero attached hydrogens (tertiary/aromatic N) is 1. The number of anilines is 2. The highest BCUT2D eigenvalue weighted by atomic mass is 79.9. The van der Waals surface area contributed by atoms with Gasteiger partial charge in [0.25, 0.3) is 0 Å². The molecule has 3 N–H and O–H groups in total. The summed E-state index contributed by atoms with van der Waals surface area (Å²) < 4.78 is 1.11. The summed E-state index contributed by atoms with van der Waals surface area (Å²) in [5, 5.41) is 3.25. The van der Waals surface area contributed by atoms with Crippen LogP contribution in [0.1, 0.15) is 11.1 Å². The lowest BCUT2D eigenvalue weighted by atomic mass is 10.2. The molecule has 1 heterocycles. The third-order valence-electron chi connectivity index (χ3n) is 2.49. The van der Waals surface area contributed by atoms with Crippen molar-refractivity contribution in [2.45, 2.75) is 13.5 Å². The maximum absolute atomic E-state index is 5.52. The second-order valence-corrected chi connectivity index (χ2v) is 4.70. The minimum atomic E-state index is 0.519. The zero-order chi connectivity index (χ0) is 12.3. The molecule has 0 fully saturated rings. The van der Waals surface area contributed by atoms with Gasteiger partial charge in [0.1, 0.15) is 5.82 Å². The molecular weight excluding hydrogens is 278 g/mol. The van der Waals surface area contributed by atoms with Crippen molar-refractivity contribution < 1.29 is 0 Å². The third kappa shape index (κ3) is 3.05. The molecule has 0 aliphatic rings. The van der Waals surface area contributed by atoms with Gasteiger partial charge in [0.05, 0.1) is 0 Å². The lowest BCUT2D eigenvalue weighted by Crippen LogP contribution is -1.99. The number of benzene rings is 1. The standard InChI is InChI=1S/C13H14BrN3/c1-9-6-11(3-4-12(9)14)17-13-5-2-10(7-15)8-16-13/h2-6,8H,7,15H2,1H3,(H,16,17). The largest absolute Gasteiger partial charge is 0.340 e. The number of hydrogen-bond acceptors (Lipinski definition) is 3. The highest BCUT2D eigenvalue weighted by molar-refractivity contribution is 9.10. The van der Waals surface area contributed by atoms with Gasteiger partial charge in [-0.05, 0) is 42.3 Å². The first-order valence-corrected chi connectivity index (χ1v) is 6.16. The van der Waals surface area contributed by atoms with Crippen molar-refractivity contribution in [1.82, 2.24) is 4.98 Å². The van der Waals surface area contributed by atoms with E-state index in [1.165, 1.54) is 5.56 Å². The van der Waals surface area contributed by atoms with E-state index in [-0.39, 0.29) is 0 Å². The Morgan fingerprint density at radius 3 is 2.71 bits per heavy atom. The number of nitrogens with two attached hydrogens (primary N) is 1. The van der Waals surface area contributed by atoms with Gasteiger partial charge in [-0.15, -0.1) is 0 Å². The Morgan fingerprint density at radius 2 is 2.12 bits per heavy atom. The van der Waals surface area contributed by atoms with Crippen LogP contribution in [-0.2, 0) is 6.54 Å². The zero-order valence-corrected chi connectivity index (χ0v) is 11.2. The topological polar surface area (TPSA) is 50.9 Å². The number of aryl methyl sites for hydroxylation is 1. The first kappa shape index (κ1) is 12.1. The second kappa shape index (κ2) is 5.29. The van der Waals surface area contributed by atoms with Gasteiger partial charge in [-0.3, -0.25) is 0 Å². The van der Waals surface area contributed by atoms with Crippen LogP contribution in [-0.4, -0.2) is 4.98 Å². The summed E-state index contributed by atoms with van der Waals surface area (Å²) >= 11 is 3.48. The van der Waals surface area contributed by atoms with Gasteiger partial charge >= 0.3 is 0 Å². The van der Waals surface area contributed by atoms with Crippen molar-refractivity contribution in [3.8, 4) is 0 Å². The number of halogens is 1. The molecule has 0 saturated heterocycles. The van der Waals surface area contributed by atoms with Gasteiger partial charge in [-0.25, -0.2) is 4.98 Å². The molecule has 1 aromatic carbocycles. The fourth-order valence-electron chi connectivity index (χ4n) is 1.49. The first-order chi connectivity index (χ1) is 8.19. The number of nitrogens with one attached hydrogen (secondary N) is 1. The fourth-order valence-corrected chi connectivity index (χ4v) is 1.74. The molecule has 88 valence electrons. The summed E-state index contributed by atoms with van der Waals surface area (Å²) in [6, 6.07) is 10.0. The molecule has 0 radical (unpaired) electrons. The van der Waals surface area contributed by atoms with Crippen LogP contribution in [0.15, 0.2) is 41.0 Å². The lowest BCUT2D eigenvalue weighted by Gasteiger charge is -2.07. The molecule has 2 rings (SSSR count). The van der Waals surface area contributed by atoms with Crippen molar-refractivity contribution in [1.29, 1.82) is 0 Å². The summed E-state index contributed by atoms with van der Waals surface area (Å²) in [5.41, 5.74) is 8.77. The quantitative estimate of drug-likeness (QED) is 0.912. The Morgan fingerprint density at radius 1 is 1.29 bits per heavy atom. The maximum Gasteiger partial charge on any atom is 0.130 e. The Balaban J connectivity index is 2.16. The number of hydrogen-bond donors (Lipinski definition) is 2. The van der Waals surface area contributed by atoms with Gasteiger partial charge in [-0.2, -0.15) is 0 Å². The van der Waals surface area contributed by atoms with Crippen LogP contribution in [0.2, 0.25) is 0 Å². The van der Waals surface area contributed by atoms with E-state index in [1.807, 2.05) is 24.3 Å². The third-order valence-corrected chi connectivity index (χ3v) is 3.38. The number of rotatable bonds is 3. The zero-order valence-electron chi connectivity index (χ0n) is 9.57. The summed E-state index contributed by atoms with van der Waals surface area (Å²) in [5.74, 6) is 0.823. The molecule has 0 saturated carbocycles. The molecule has 17 heavy (non-hydrogen) atoms. The van der Waals surface area contributed by atoms with Crippen LogP contribution in [0.3, 0.4) is 0 Å². The highest BCUT2D eigenvalue weighted by Crippen LogP contribution is 2.22. The van der Waals surface area contributed by atoms with E-state index in [0.717, 1.165) is 21.5 Å². The van der Waals surface area contributed by atoms with Crippen molar-refractivity contribution in [2.24, 2.45) is 5.73 Å². The molecule has 1 aromatic heterocycles. The SMILES string of the molecule is Cc1cc(Nc2ccc(CN)cn2)ccc1Br. The van der Waals surface area contributed by atoms with Crippen LogP contribution >= 0.6 is 15.9 Å². The molecule has 0 atom stereocenters. The van der Waals surface area contributed by atoms with E-state index in [1.54, 1.807) is 6.20 Å². The van der Waals surface area contributed by atoms with Crippen molar-refractivity contribution in [3.63, 3.8) is 0 Å². The van der Waals surface area contributed by atoms with Crippen LogP contribution in [0.25, 0.3) is 0 Å². The lowest BCUT2D eigenvalue weighted by molar-refractivity contribution is 1.05. The summed E-state index contributed by atoms with van der Waals surface area (Å²) in [6.07, 6.45) is 1.79. The van der Waals surface area contributed by atoms with Crippen molar-refractivity contribution in [2.75, 3.05) is 5.32 Å². The average molecular weight is 292 g/mol. The van der Waals surface area contributed by atoms with Gasteiger partial charge < -0.3 is 11.1 Å². The Bertz CT molecular complexity index is 509. The van der Waals surface area contributed by atoms with E-state index in [2.05, 4.69) is 39.2 Å². The molecule has 0 aliphatic carbocycles. The molecule has 0 amide bonds. The molecule has 0 bridgehead atoms. The normalized spacial score (nSPS) is 10.3. The molecule has 4 heteroatoms. The minimum Gasteiger partial charge on any atom is -0.340 e. The van der Waals surface area contributed by atoms with E-state index >= 15 is 0 Å². The minimum absolute atomic E-state index is 0.519. The fraction of sp³-hybridized carbons (Fsp3) is 0.154. The smallest absolute Gasteiger partial charge is 0.130 e. The number of pyridine rings is 1. The molecule has 0 aliphatic heterocycles. The predicted molar refractivity (Wildman–Crippen MR) is 74.3 cm³/mol. The van der Waals surface area contributed by atoms with Crippen molar-refractivity contribution >= 4 is 27.4 Å². The van der Waals surface area contributed by atoms with Gasteiger partial charge in [0, 0.05) is 22.9 Å². The summed E-state index contributed by atoms with van der Waals surface area (Å²) in [7, 11) is 0. The monoisotopic (exact) mass is 291 g/mol. The molecule has 3 nitrogen and oxygen atoms in total. The van der Waals surface area contributed by atoms with E-state index in [0.29, 0.717) is 6.54 Å². The summed E-state index contributed by atoms with van der Waals surface area (Å²) in [6.45, 7) is 2.57. The Kier molecular flexibility index (Phi) is 3.76. The van der Waals surface area contributed by atoms with E-state index in [4.69, 9.17) is 5.73 Å². The molecule has 2 aromatic rings. The molecule has 0 spiro atoms. The Hall–Kier alpha value is -1.39. The van der Waals surface area contributed by atoms with E-state index < -0.39 is 0 Å². The van der Waals surface area contributed by atoms with E-state index in [9.17, 15) is 0 Å². The van der Waals surface area contributed by atoms with Crippen LogP contribution in [0.5, 0.6) is 0 Å². The summed E-state index contributed by atoms with van der Waals surface area (Å²) in [4.78, 5) is 4.29. The van der Waals surface area contributed by atoms with Gasteiger partial charge in [0.15, 0.2) is 0 Å². The number of aromatic nitrogens is 1. The maximum atomic E-state index is 5.52. The van der Waals surface area contributed by atoms with Crippen molar-refractivity contribution in [3.05, 3.63) is 52.1 Å². The first-order valence-electron chi connectivity index (χ1n) is 5.37.